The summed E-state index contributed by atoms with van der Waals surface area (Å²) in [5.74, 6) is 0. The number of nitrogens with zero attached hydrogens (tertiary/aromatic N) is 2. The number of hydrogen-bond acceptors (Lipinski definition) is 1. The molecule has 0 aliphatic heterocycles. The lowest BCUT2D eigenvalue weighted by molar-refractivity contribution is 1.18. The predicted octanol–water partition coefficient (Wildman–Crippen LogP) is 15.6. The number of aromatic nitrogens is 1. The molecule has 0 radical (unpaired) electrons. The fourth-order valence-corrected chi connectivity index (χ4v) is 8.70. The molecular weight excluding hydrogens is 701 g/mol. The van der Waals surface area contributed by atoms with Crippen LogP contribution in [0.3, 0.4) is 0 Å². The van der Waals surface area contributed by atoms with Gasteiger partial charge < -0.3 is 9.47 Å². The lowest BCUT2D eigenvalue weighted by Crippen LogP contribution is -2.10. The summed E-state index contributed by atoms with van der Waals surface area (Å²) in [6.45, 7) is 0. The van der Waals surface area contributed by atoms with Crippen molar-refractivity contribution in [2.75, 3.05) is 4.90 Å². The SMILES string of the molecule is c1ccc(-c2ccc(N(c3ccc(-c4ccc5ccccc5c4)cc3)c3ccc4c5c(-c6ccc7ccccc7c6)cccc5n(-c5ccccc5)c4c3)cc2)cc1. The van der Waals surface area contributed by atoms with Crippen LogP contribution in [0.4, 0.5) is 17.1 Å². The summed E-state index contributed by atoms with van der Waals surface area (Å²) in [5, 5.41) is 7.46. The van der Waals surface area contributed by atoms with Crippen molar-refractivity contribution in [3.8, 4) is 39.1 Å². The van der Waals surface area contributed by atoms with Gasteiger partial charge in [-0.3, -0.25) is 0 Å². The average Bonchev–Trinajstić information content (AvgIpc) is 3.64. The highest BCUT2D eigenvalue weighted by Crippen LogP contribution is 2.43. The van der Waals surface area contributed by atoms with Crippen LogP contribution >= 0.6 is 0 Å². The second-order valence-corrected chi connectivity index (χ2v) is 15.0. The monoisotopic (exact) mass is 738 g/mol. The van der Waals surface area contributed by atoms with Gasteiger partial charge >= 0.3 is 0 Å². The summed E-state index contributed by atoms with van der Waals surface area (Å²) in [6, 6.07) is 83.7. The Morgan fingerprint density at radius 1 is 0.293 bits per heavy atom. The lowest BCUT2D eigenvalue weighted by atomic mass is 9.97. The van der Waals surface area contributed by atoms with Crippen molar-refractivity contribution in [1.29, 1.82) is 0 Å². The highest BCUT2D eigenvalue weighted by molar-refractivity contribution is 6.17. The fourth-order valence-electron chi connectivity index (χ4n) is 8.70. The van der Waals surface area contributed by atoms with Crippen LogP contribution in [0.15, 0.2) is 231 Å². The van der Waals surface area contributed by atoms with Crippen LogP contribution in [-0.2, 0) is 0 Å². The van der Waals surface area contributed by atoms with E-state index in [1.54, 1.807) is 0 Å². The third-order valence-corrected chi connectivity index (χ3v) is 11.5. The van der Waals surface area contributed by atoms with Crippen LogP contribution in [-0.4, -0.2) is 4.57 Å². The Morgan fingerprint density at radius 2 is 0.793 bits per heavy atom. The summed E-state index contributed by atoms with van der Waals surface area (Å²) in [5.41, 5.74) is 14.0. The normalized spacial score (nSPS) is 11.4. The summed E-state index contributed by atoms with van der Waals surface area (Å²) in [4.78, 5) is 2.38. The standard InChI is InChI=1S/C56H38N2/c1-3-12-39(13-4-1)42-26-30-49(31-27-42)57(50-32-28-43(29-33-50)46-24-22-40-14-7-9-16-44(40)36-46)51-34-35-53-55(38-51)58(48-18-5-2-6-19-48)54-21-11-20-52(56(53)54)47-25-23-41-15-8-10-17-45(41)37-47/h1-38H. The van der Waals surface area contributed by atoms with Gasteiger partial charge in [0.1, 0.15) is 0 Å². The van der Waals surface area contributed by atoms with Crippen molar-refractivity contribution >= 4 is 60.4 Å². The van der Waals surface area contributed by atoms with Crippen LogP contribution in [0.2, 0.25) is 0 Å². The van der Waals surface area contributed by atoms with Gasteiger partial charge in [0.15, 0.2) is 0 Å². The Bertz CT molecular complexity index is 3250. The molecule has 0 fully saturated rings. The molecule has 0 unspecified atom stereocenters. The molecule has 0 aliphatic carbocycles. The molecule has 0 spiro atoms. The highest BCUT2D eigenvalue weighted by Gasteiger charge is 2.20. The van der Waals surface area contributed by atoms with Crippen molar-refractivity contribution in [3.63, 3.8) is 0 Å². The summed E-state index contributed by atoms with van der Waals surface area (Å²) in [7, 11) is 0. The third kappa shape index (κ3) is 5.91. The second-order valence-electron chi connectivity index (χ2n) is 15.0. The van der Waals surface area contributed by atoms with Gasteiger partial charge in [-0.05, 0) is 122 Å². The molecule has 0 saturated heterocycles. The van der Waals surface area contributed by atoms with E-state index < -0.39 is 0 Å². The molecule has 272 valence electrons. The molecule has 0 amide bonds. The molecule has 58 heavy (non-hydrogen) atoms. The van der Waals surface area contributed by atoms with E-state index in [4.69, 9.17) is 0 Å². The Kier molecular flexibility index (Phi) is 8.19. The first-order chi connectivity index (χ1) is 28.7. The number of fused-ring (bicyclic) bond motifs is 5. The topological polar surface area (TPSA) is 8.17 Å². The van der Waals surface area contributed by atoms with Crippen molar-refractivity contribution < 1.29 is 0 Å². The van der Waals surface area contributed by atoms with Crippen LogP contribution < -0.4 is 4.90 Å². The minimum absolute atomic E-state index is 1.09. The van der Waals surface area contributed by atoms with Gasteiger partial charge in [0.2, 0.25) is 0 Å². The van der Waals surface area contributed by atoms with E-state index in [-0.39, 0.29) is 0 Å². The van der Waals surface area contributed by atoms with Crippen molar-refractivity contribution in [2.45, 2.75) is 0 Å². The predicted molar refractivity (Wildman–Crippen MR) is 247 cm³/mol. The van der Waals surface area contributed by atoms with Crippen LogP contribution in [0.5, 0.6) is 0 Å². The van der Waals surface area contributed by atoms with E-state index in [1.165, 1.54) is 71.2 Å². The van der Waals surface area contributed by atoms with Gasteiger partial charge in [-0.2, -0.15) is 0 Å². The zero-order valence-corrected chi connectivity index (χ0v) is 31.8. The van der Waals surface area contributed by atoms with Gasteiger partial charge in [-0.25, -0.2) is 0 Å². The van der Waals surface area contributed by atoms with E-state index >= 15 is 0 Å². The van der Waals surface area contributed by atoms with E-state index in [0.29, 0.717) is 0 Å². The zero-order chi connectivity index (χ0) is 38.4. The van der Waals surface area contributed by atoms with Gasteiger partial charge in [0, 0.05) is 33.5 Å². The first kappa shape index (κ1) is 33.6. The fraction of sp³-hybridized carbons (Fsp3) is 0. The molecule has 0 bridgehead atoms. The highest BCUT2D eigenvalue weighted by atomic mass is 15.1. The zero-order valence-electron chi connectivity index (χ0n) is 31.8. The molecule has 1 heterocycles. The number of hydrogen-bond donors (Lipinski definition) is 0. The molecule has 0 saturated carbocycles. The molecule has 2 nitrogen and oxygen atoms in total. The van der Waals surface area contributed by atoms with Crippen molar-refractivity contribution in [3.05, 3.63) is 231 Å². The first-order valence-corrected chi connectivity index (χ1v) is 19.9. The molecule has 11 aromatic rings. The van der Waals surface area contributed by atoms with Crippen LogP contribution in [0.25, 0.3) is 82.4 Å². The quantitative estimate of drug-likeness (QED) is 0.158. The Hall–Kier alpha value is -7.68. The average molecular weight is 739 g/mol. The van der Waals surface area contributed by atoms with Gasteiger partial charge in [-0.15, -0.1) is 0 Å². The molecule has 0 atom stereocenters. The lowest BCUT2D eigenvalue weighted by Gasteiger charge is -2.26. The van der Waals surface area contributed by atoms with Crippen LogP contribution in [0.1, 0.15) is 0 Å². The van der Waals surface area contributed by atoms with Crippen molar-refractivity contribution in [2.24, 2.45) is 0 Å². The summed E-state index contributed by atoms with van der Waals surface area (Å²) in [6.07, 6.45) is 0. The van der Waals surface area contributed by atoms with E-state index in [9.17, 15) is 0 Å². The minimum Gasteiger partial charge on any atom is -0.310 e. The maximum Gasteiger partial charge on any atom is 0.0562 e. The van der Waals surface area contributed by atoms with Gasteiger partial charge in [0.05, 0.1) is 11.0 Å². The van der Waals surface area contributed by atoms with E-state index in [2.05, 4.69) is 240 Å². The molecule has 0 N–H and O–H groups in total. The molecule has 2 heteroatoms. The Labute approximate surface area is 338 Å². The number of rotatable bonds is 7. The number of benzene rings is 10. The Morgan fingerprint density at radius 3 is 1.45 bits per heavy atom. The van der Waals surface area contributed by atoms with E-state index in [1.807, 2.05) is 0 Å². The molecule has 1 aromatic heterocycles. The van der Waals surface area contributed by atoms with Crippen molar-refractivity contribution in [1.82, 2.24) is 4.57 Å². The largest absolute Gasteiger partial charge is 0.310 e. The first-order valence-electron chi connectivity index (χ1n) is 19.9. The second kappa shape index (κ2) is 14.1. The number of para-hydroxylation sites is 1. The number of anilines is 3. The third-order valence-electron chi connectivity index (χ3n) is 11.5. The van der Waals surface area contributed by atoms with E-state index in [0.717, 1.165) is 28.3 Å². The maximum atomic E-state index is 2.43. The molecule has 10 aromatic carbocycles. The summed E-state index contributed by atoms with van der Waals surface area (Å²) >= 11 is 0. The minimum atomic E-state index is 1.09. The summed E-state index contributed by atoms with van der Waals surface area (Å²) < 4.78 is 2.43. The molecule has 0 aliphatic rings. The Balaban J connectivity index is 1.10. The smallest absolute Gasteiger partial charge is 0.0562 e. The van der Waals surface area contributed by atoms with Gasteiger partial charge in [-0.1, -0.05) is 164 Å². The van der Waals surface area contributed by atoms with Gasteiger partial charge in [0.25, 0.3) is 0 Å². The maximum absolute atomic E-state index is 2.43. The van der Waals surface area contributed by atoms with Crippen LogP contribution in [0, 0.1) is 0 Å². The molecular formula is C56H38N2. The molecule has 11 rings (SSSR count).